The van der Waals surface area contributed by atoms with E-state index in [9.17, 15) is 14.0 Å². The Morgan fingerprint density at radius 1 is 0.833 bits per heavy atom. The molecule has 0 aromatic heterocycles. The summed E-state index contributed by atoms with van der Waals surface area (Å²) in [5.41, 5.74) is 3.11. The van der Waals surface area contributed by atoms with E-state index in [1.807, 2.05) is 28.0 Å². The van der Waals surface area contributed by atoms with Crippen molar-refractivity contribution < 1.29 is 14.0 Å². The number of carbonyl (C=O) groups excluding carboxylic acids is 2. The van der Waals surface area contributed by atoms with Gasteiger partial charge in [0.2, 0.25) is 11.8 Å². The monoisotopic (exact) mass is 407 g/mol. The largest absolute Gasteiger partial charge is 0.368 e. The van der Waals surface area contributed by atoms with E-state index in [0.29, 0.717) is 32.7 Å². The molecule has 2 heterocycles. The lowest BCUT2D eigenvalue weighted by atomic mass is 9.91. The van der Waals surface area contributed by atoms with E-state index < -0.39 is 6.04 Å². The van der Waals surface area contributed by atoms with E-state index in [-0.39, 0.29) is 23.5 Å². The maximum absolute atomic E-state index is 13.6. The second-order valence-corrected chi connectivity index (χ2v) is 8.45. The molecular formula is C24H26FN3O2. The average molecular weight is 407 g/mol. The molecule has 3 aliphatic rings. The zero-order valence-corrected chi connectivity index (χ0v) is 17.0. The summed E-state index contributed by atoms with van der Waals surface area (Å²) in [4.78, 5) is 32.5. The highest BCUT2D eigenvalue weighted by atomic mass is 19.1. The predicted octanol–water partition coefficient (Wildman–Crippen LogP) is 3.01. The van der Waals surface area contributed by atoms with Crippen molar-refractivity contribution in [1.29, 1.82) is 0 Å². The number of hydrogen-bond donors (Lipinski definition) is 0. The van der Waals surface area contributed by atoms with Crippen molar-refractivity contribution in [2.75, 3.05) is 37.6 Å². The Morgan fingerprint density at radius 2 is 1.53 bits per heavy atom. The molecule has 1 atom stereocenters. The van der Waals surface area contributed by atoms with Crippen LogP contribution >= 0.6 is 0 Å². The topological polar surface area (TPSA) is 43.9 Å². The molecule has 1 unspecified atom stereocenters. The Morgan fingerprint density at radius 3 is 2.23 bits per heavy atom. The van der Waals surface area contributed by atoms with Crippen LogP contribution in [-0.4, -0.2) is 54.3 Å². The van der Waals surface area contributed by atoms with E-state index in [2.05, 4.69) is 11.0 Å². The van der Waals surface area contributed by atoms with Crippen molar-refractivity contribution in [3.8, 4) is 0 Å². The molecule has 5 nitrogen and oxygen atoms in total. The maximum Gasteiger partial charge on any atom is 0.250 e. The minimum absolute atomic E-state index is 0.0231. The summed E-state index contributed by atoms with van der Waals surface area (Å²) in [5, 5.41) is 0. The minimum atomic E-state index is -0.513. The van der Waals surface area contributed by atoms with Gasteiger partial charge in [0.05, 0.1) is 0 Å². The quantitative estimate of drug-likeness (QED) is 0.786. The van der Waals surface area contributed by atoms with E-state index in [1.165, 1.54) is 17.7 Å². The Kier molecular flexibility index (Phi) is 4.93. The molecule has 1 aliphatic carbocycles. The van der Waals surface area contributed by atoms with Crippen LogP contribution in [0.4, 0.5) is 10.1 Å². The second kappa shape index (κ2) is 7.74. The molecule has 0 spiro atoms. The number of nitrogens with zero attached hydrogens (tertiary/aromatic N) is 3. The molecule has 0 N–H and O–H groups in total. The Labute approximate surface area is 176 Å². The summed E-state index contributed by atoms with van der Waals surface area (Å²) in [7, 11) is 0. The van der Waals surface area contributed by atoms with E-state index in [4.69, 9.17) is 0 Å². The Hall–Kier alpha value is -2.89. The molecule has 0 bridgehead atoms. The van der Waals surface area contributed by atoms with Crippen LogP contribution in [0.2, 0.25) is 0 Å². The zero-order valence-electron chi connectivity index (χ0n) is 17.0. The number of amides is 2. The first-order valence-corrected chi connectivity index (χ1v) is 10.8. The first kappa shape index (κ1) is 19.1. The number of rotatable bonds is 3. The molecule has 2 aliphatic heterocycles. The summed E-state index contributed by atoms with van der Waals surface area (Å²) in [6.45, 7) is 3.20. The first-order chi connectivity index (χ1) is 14.6. The molecule has 6 heteroatoms. The van der Waals surface area contributed by atoms with Gasteiger partial charge in [0, 0.05) is 44.3 Å². The second-order valence-electron chi connectivity index (χ2n) is 8.45. The van der Waals surface area contributed by atoms with E-state index >= 15 is 0 Å². The highest BCUT2D eigenvalue weighted by molar-refractivity contribution is 5.91. The lowest BCUT2D eigenvalue weighted by molar-refractivity contribution is -0.147. The number of fused-ring (bicyclic) bond motifs is 1. The molecular weight excluding hydrogens is 381 g/mol. The molecule has 0 radical (unpaired) electrons. The number of benzene rings is 2. The molecule has 2 fully saturated rings. The summed E-state index contributed by atoms with van der Waals surface area (Å²) < 4.78 is 13.2. The van der Waals surface area contributed by atoms with Gasteiger partial charge in [-0.1, -0.05) is 24.3 Å². The lowest BCUT2D eigenvalue weighted by Gasteiger charge is -2.42. The fourth-order valence-corrected chi connectivity index (χ4v) is 4.64. The van der Waals surface area contributed by atoms with Crippen LogP contribution in [0.1, 0.15) is 30.0 Å². The molecule has 5 rings (SSSR count). The number of carbonyl (C=O) groups is 2. The van der Waals surface area contributed by atoms with Crippen molar-refractivity contribution in [2.24, 2.45) is 5.92 Å². The molecule has 2 amide bonds. The third-order valence-corrected chi connectivity index (χ3v) is 6.51. The molecule has 1 saturated carbocycles. The fraction of sp³-hybridized carbons (Fsp3) is 0.417. The highest BCUT2D eigenvalue weighted by Crippen LogP contribution is 2.38. The van der Waals surface area contributed by atoms with Crippen molar-refractivity contribution in [1.82, 2.24) is 9.80 Å². The summed E-state index contributed by atoms with van der Waals surface area (Å²) in [5.74, 6) is 0.00698. The van der Waals surface area contributed by atoms with Crippen LogP contribution in [0.15, 0.2) is 48.5 Å². The van der Waals surface area contributed by atoms with Crippen molar-refractivity contribution in [2.45, 2.75) is 25.3 Å². The standard InChI is InChI=1S/C24H26FN3O2/c25-19-7-9-20(10-8-19)26-13-15-27(16-14-26)24(30)22-21-4-2-1-3-17(21)11-12-28(22)23(29)18-5-6-18/h1-4,7-10,18,22H,5-6,11-16H2. The molecule has 156 valence electrons. The van der Waals surface area contributed by atoms with Crippen molar-refractivity contribution in [3.05, 3.63) is 65.5 Å². The van der Waals surface area contributed by atoms with Crippen LogP contribution in [0.25, 0.3) is 0 Å². The van der Waals surface area contributed by atoms with Crippen LogP contribution < -0.4 is 4.90 Å². The van der Waals surface area contributed by atoms with Gasteiger partial charge in [-0.2, -0.15) is 0 Å². The zero-order chi connectivity index (χ0) is 20.7. The van der Waals surface area contributed by atoms with Gasteiger partial charge in [0.25, 0.3) is 0 Å². The molecule has 2 aromatic carbocycles. The molecule has 2 aromatic rings. The normalized spacial score (nSPS) is 21.4. The Balaban J connectivity index is 1.34. The molecule has 1 saturated heterocycles. The summed E-state index contributed by atoms with van der Waals surface area (Å²) in [6.07, 6.45) is 2.68. The van der Waals surface area contributed by atoms with Crippen LogP contribution in [0.5, 0.6) is 0 Å². The average Bonchev–Trinajstić information content (AvgIpc) is 3.63. The van der Waals surface area contributed by atoms with Crippen LogP contribution in [0.3, 0.4) is 0 Å². The first-order valence-electron chi connectivity index (χ1n) is 10.8. The van der Waals surface area contributed by atoms with Crippen LogP contribution in [-0.2, 0) is 16.0 Å². The predicted molar refractivity (Wildman–Crippen MR) is 113 cm³/mol. The Bertz CT molecular complexity index is 949. The van der Waals surface area contributed by atoms with E-state index in [0.717, 1.165) is 30.5 Å². The van der Waals surface area contributed by atoms with Gasteiger partial charge in [0.1, 0.15) is 11.9 Å². The molecule has 30 heavy (non-hydrogen) atoms. The highest BCUT2D eigenvalue weighted by Gasteiger charge is 2.43. The third kappa shape index (κ3) is 3.55. The summed E-state index contributed by atoms with van der Waals surface area (Å²) >= 11 is 0. The van der Waals surface area contributed by atoms with E-state index in [1.54, 1.807) is 12.1 Å². The number of hydrogen-bond acceptors (Lipinski definition) is 3. The summed E-state index contributed by atoms with van der Waals surface area (Å²) in [6, 6.07) is 14.0. The minimum Gasteiger partial charge on any atom is -0.368 e. The van der Waals surface area contributed by atoms with Gasteiger partial charge in [-0.05, 0) is 54.7 Å². The van der Waals surface area contributed by atoms with Gasteiger partial charge < -0.3 is 14.7 Å². The van der Waals surface area contributed by atoms with Gasteiger partial charge in [0.15, 0.2) is 0 Å². The lowest BCUT2D eigenvalue weighted by Crippen LogP contribution is -2.54. The van der Waals surface area contributed by atoms with Crippen molar-refractivity contribution in [3.63, 3.8) is 0 Å². The number of halogens is 1. The van der Waals surface area contributed by atoms with Gasteiger partial charge in [-0.15, -0.1) is 0 Å². The maximum atomic E-state index is 13.6. The van der Waals surface area contributed by atoms with Crippen LogP contribution in [0, 0.1) is 11.7 Å². The number of piperazine rings is 1. The SMILES string of the molecule is O=C(C1c2ccccc2CCN1C(=O)C1CC1)N1CCN(c2ccc(F)cc2)CC1. The number of anilines is 1. The van der Waals surface area contributed by atoms with Gasteiger partial charge in [-0.25, -0.2) is 4.39 Å². The van der Waals surface area contributed by atoms with Gasteiger partial charge in [-0.3, -0.25) is 9.59 Å². The van der Waals surface area contributed by atoms with Crippen molar-refractivity contribution >= 4 is 17.5 Å². The smallest absolute Gasteiger partial charge is 0.250 e. The van der Waals surface area contributed by atoms with Gasteiger partial charge >= 0.3 is 0 Å². The fourth-order valence-electron chi connectivity index (χ4n) is 4.64. The third-order valence-electron chi connectivity index (χ3n) is 6.51.